The summed E-state index contributed by atoms with van der Waals surface area (Å²) in [5.74, 6) is 0.495. The van der Waals surface area contributed by atoms with E-state index in [-0.39, 0.29) is 18.1 Å². The molecule has 1 amide bonds. The van der Waals surface area contributed by atoms with E-state index in [1.165, 1.54) is 24.3 Å². The Morgan fingerprint density at radius 2 is 2.04 bits per heavy atom. The Hall–Kier alpha value is -3.38. The highest BCUT2D eigenvalue weighted by Crippen LogP contribution is 2.33. The molecule has 1 heterocycles. The smallest absolute Gasteiger partial charge is 0.270 e. The van der Waals surface area contributed by atoms with Gasteiger partial charge in [0.15, 0.2) is 11.5 Å². The topological polar surface area (TPSA) is 114 Å². The summed E-state index contributed by atoms with van der Waals surface area (Å²) in [6, 6.07) is 10.8. The Labute approximate surface area is 155 Å². The molecular weight excluding hydrogens is 406 g/mol. The van der Waals surface area contributed by atoms with Crippen molar-refractivity contribution in [2.45, 2.75) is 0 Å². The zero-order chi connectivity index (χ0) is 18.7. The minimum absolute atomic E-state index is 0.119. The average molecular weight is 416 g/mol. The van der Waals surface area contributed by atoms with E-state index in [4.69, 9.17) is 9.47 Å². The Balaban J connectivity index is 1.81. The number of carbonyl (C=O) groups is 1. The number of nitriles is 1. The molecule has 0 spiro atoms. The van der Waals surface area contributed by atoms with Crippen molar-refractivity contribution in [1.82, 2.24) is 0 Å². The second kappa shape index (κ2) is 7.25. The summed E-state index contributed by atoms with van der Waals surface area (Å²) in [5, 5.41) is 22.6. The fraction of sp³-hybridized carbons (Fsp3) is 0.0588. The first-order chi connectivity index (χ1) is 12.5. The first-order valence-electron chi connectivity index (χ1n) is 7.24. The zero-order valence-electron chi connectivity index (χ0n) is 13.1. The van der Waals surface area contributed by atoms with Crippen molar-refractivity contribution in [2.75, 3.05) is 12.1 Å². The molecule has 1 aliphatic heterocycles. The lowest BCUT2D eigenvalue weighted by Gasteiger charge is -2.07. The average Bonchev–Trinajstić information content (AvgIpc) is 3.08. The van der Waals surface area contributed by atoms with E-state index in [0.717, 1.165) is 0 Å². The number of carbonyl (C=O) groups excluding carboxylic acids is 1. The molecule has 8 nitrogen and oxygen atoms in total. The molecule has 0 saturated heterocycles. The number of fused-ring (bicyclic) bond motifs is 1. The molecule has 1 aliphatic rings. The Bertz CT molecular complexity index is 981. The molecule has 26 heavy (non-hydrogen) atoms. The van der Waals surface area contributed by atoms with E-state index >= 15 is 0 Å². The fourth-order valence-corrected chi connectivity index (χ4v) is 2.69. The SMILES string of the molecule is N#CC(=Cc1ccc2c(c1)OCO2)C(=O)Nc1ccc([N+](=O)[O-])cc1Br. The van der Waals surface area contributed by atoms with Gasteiger partial charge in [-0.15, -0.1) is 0 Å². The lowest BCUT2D eigenvalue weighted by molar-refractivity contribution is -0.384. The summed E-state index contributed by atoms with van der Waals surface area (Å²) >= 11 is 3.16. The van der Waals surface area contributed by atoms with Crippen LogP contribution in [0.1, 0.15) is 5.56 Å². The zero-order valence-corrected chi connectivity index (χ0v) is 14.6. The van der Waals surface area contributed by atoms with Crippen molar-refractivity contribution in [3.8, 4) is 17.6 Å². The molecular formula is C17H10BrN3O5. The minimum Gasteiger partial charge on any atom is -0.454 e. The molecule has 2 aromatic rings. The van der Waals surface area contributed by atoms with Crippen molar-refractivity contribution in [2.24, 2.45) is 0 Å². The second-order valence-electron chi connectivity index (χ2n) is 5.16. The van der Waals surface area contributed by atoms with Crippen LogP contribution in [-0.2, 0) is 4.79 Å². The molecule has 0 fully saturated rings. The number of nitrogens with zero attached hydrogens (tertiary/aromatic N) is 2. The maximum Gasteiger partial charge on any atom is 0.270 e. The van der Waals surface area contributed by atoms with Crippen molar-refractivity contribution in [3.63, 3.8) is 0 Å². The van der Waals surface area contributed by atoms with Crippen LogP contribution in [0.25, 0.3) is 6.08 Å². The van der Waals surface area contributed by atoms with Gasteiger partial charge >= 0.3 is 0 Å². The van der Waals surface area contributed by atoms with Crippen molar-refractivity contribution in [1.29, 1.82) is 5.26 Å². The first-order valence-corrected chi connectivity index (χ1v) is 8.04. The van der Waals surface area contributed by atoms with Crippen LogP contribution in [0, 0.1) is 21.4 Å². The number of anilines is 1. The first kappa shape index (κ1) is 17.4. The van der Waals surface area contributed by atoms with E-state index in [1.807, 2.05) is 6.07 Å². The quantitative estimate of drug-likeness (QED) is 0.352. The van der Waals surface area contributed by atoms with E-state index in [9.17, 15) is 20.2 Å². The molecule has 3 rings (SSSR count). The van der Waals surface area contributed by atoms with Crippen molar-refractivity contribution >= 4 is 39.3 Å². The third-order valence-corrected chi connectivity index (χ3v) is 4.14. The van der Waals surface area contributed by atoms with Gasteiger partial charge in [0, 0.05) is 16.6 Å². The van der Waals surface area contributed by atoms with Gasteiger partial charge in [0.25, 0.3) is 11.6 Å². The van der Waals surface area contributed by atoms with Gasteiger partial charge < -0.3 is 14.8 Å². The Morgan fingerprint density at radius 1 is 1.27 bits per heavy atom. The largest absolute Gasteiger partial charge is 0.454 e. The molecule has 0 aliphatic carbocycles. The summed E-state index contributed by atoms with van der Waals surface area (Å²) in [6.45, 7) is 0.127. The van der Waals surface area contributed by atoms with Crippen LogP contribution in [0.15, 0.2) is 46.4 Å². The highest BCUT2D eigenvalue weighted by atomic mass is 79.9. The molecule has 0 bridgehead atoms. The third kappa shape index (κ3) is 3.65. The molecule has 2 aromatic carbocycles. The van der Waals surface area contributed by atoms with Crippen LogP contribution in [0.5, 0.6) is 11.5 Å². The van der Waals surface area contributed by atoms with Crippen LogP contribution < -0.4 is 14.8 Å². The Kier molecular flexibility index (Phi) is 4.86. The van der Waals surface area contributed by atoms with E-state index < -0.39 is 10.8 Å². The monoisotopic (exact) mass is 415 g/mol. The van der Waals surface area contributed by atoms with E-state index in [2.05, 4.69) is 21.2 Å². The Morgan fingerprint density at radius 3 is 2.73 bits per heavy atom. The van der Waals surface area contributed by atoms with Crippen LogP contribution in [0.2, 0.25) is 0 Å². The molecule has 1 N–H and O–H groups in total. The minimum atomic E-state index is -0.639. The van der Waals surface area contributed by atoms with Gasteiger partial charge in [-0.2, -0.15) is 5.26 Å². The molecule has 0 unspecified atom stereocenters. The van der Waals surface area contributed by atoms with Crippen LogP contribution in [-0.4, -0.2) is 17.6 Å². The van der Waals surface area contributed by atoms with Crippen molar-refractivity contribution in [3.05, 3.63) is 62.1 Å². The molecule has 0 saturated carbocycles. The number of rotatable bonds is 4. The number of hydrogen-bond acceptors (Lipinski definition) is 6. The summed E-state index contributed by atoms with van der Waals surface area (Å²) in [4.78, 5) is 22.5. The summed E-state index contributed by atoms with van der Waals surface area (Å²) in [7, 11) is 0. The normalized spacial score (nSPS) is 12.4. The molecule has 0 aromatic heterocycles. The molecule has 0 atom stereocenters. The molecule has 130 valence electrons. The molecule has 0 radical (unpaired) electrons. The van der Waals surface area contributed by atoms with Gasteiger partial charge in [-0.3, -0.25) is 14.9 Å². The number of benzene rings is 2. The van der Waals surface area contributed by atoms with Crippen LogP contribution in [0.3, 0.4) is 0 Å². The number of amides is 1. The van der Waals surface area contributed by atoms with Gasteiger partial charge in [0.2, 0.25) is 6.79 Å². The standard InChI is InChI=1S/C17H10BrN3O5/c18-13-7-12(21(23)24)2-3-14(13)20-17(22)11(8-19)5-10-1-4-15-16(6-10)26-9-25-15/h1-7H,9H2,(H,20,22). The number of hydrogen-bond donors (Lipinski definition) is 1. The number of nitro benzene ring substituents is 1. The predicted molar refractivity (Wildman–Crippen MR) is 95.6 cm³/mol. The number of nitrogens with one attached hydrogen (secondary N) is 1. The maximum absolute atomic E-state index is 12.3. The summed E-state index contributed by atoms with van der Waals surface area (Å²) in [6.07, 6.45) is 1.41. The van der Waals surface area contributed by atoms with Gasteiger partial charge in [-0.25, -0.2) is 0 Å². The van der Waals surface area contributed by atoms with Gasteiger partial charge in [0.05, 0.1) is 10.6 Å². The fourth-order valence-electron chi connectivity index (χ4n) is 2.23. The predicted octanol–water partition coefficient (Wildman–Crippen LogP) is 3.63. The van der Waals surface area contributed by atoms with Crippen molar-refractivity contribution < 1.29 is 19.2 Å². The van der Waals surface area contributed by atoms with Crippen LogP contribution >= 0.6 is 15.9 Å². The lowest BCUT2D eigenvalue weighted by atomic mass is 10.1. The van der Waals surface area contributed by atoms with E-state index in [0.29, 0.717) is 27.2 Å². The highest BCUT2D eigenvalue weighted by molar-refractivity contribution is 9.10. The van der Waals surface area contributed by atoms with Gasteiger partial charge in [-0.1, -0.05) is 6.07 Å². The number of nitro groups is 1. The number of ether oxygens (including phenoxy) is 2. The summed E-state index contributed by atoms with van der Waals surface area (Å²) < 4.78 is 10.8. The molecule has 9 heteroatoms. The second-order valence-corrected chi connectivity index (χ2v) is 6.01. The highest BCUT2D eigenvalue weighted by Gasteiger charge is 2.16. The third-order valence-electron chi connectivity index (χ3n) is 3.48. The van der Waals surface area contributed by atoms with Crippen LogP contribution in [0.4, 0.5) is 11.4 Å². The maximum atomic E-state index is 12.3. The number of halogens is 1. The summed E-state index contributed by atoms with van der Waals surface area (Å²) in [5.41, 5.74) is 0.663. The van der Waals surface area contributed by atoms with E-state index in [1.54, 1.807) is 18.2 Å². The van der Waals surface area contributed by atoms with Gasteiger partial charge in [-0.05, 0) is 45.8 Å². The van der Waals surface area contributed by atoms with Gasteiger partial charge in [0.1, 0.15) is 11.6 Å². The lowest BCUT2D eigenvalue weighted by Crippen LogP contribution is -2.13. The number of non-ortho nitro benzene ring substituents is 1.